The molecule has 0 aromatic heterocycles. The number of benzene rings is 1. The lowest BCUT2D eigenvalue weighted by Crippen LogP contribution is -2.55. The van der Waals surface area contributed by atoms with E-state index < -0.39 is 5.54 Å². The highest BCUT2D eigenvalue weighted by atomic mass is 35.5. The number of nitrogens with zero attached hydrogens (tertiary/aromatic N) is 2. The average Bonchev–Trinajstić information content (AvgIpc) is 2.66. The average molecular weight is 393 g/mol. The van der Waals surface area contributed by atoms with Crippen LogP contribution in [-0.4, -0.2) is 55.0 Å². The van der Waals surface area contributed by atoms with Gasteiger partial charge >= 0.3 is 0 Å². The molecule has 2 aliphatic rings. The molecule has 3 rings (SSSR count). The van der Waals surface area contributed by atoms with Crippen molar-refractivity contribution in [2.45, 2.75) is 38.1 Å². The van der Waals surface area contributed by atoms with Crippen molar-refractivity contribution in [3.05, 3.63) is 29.3 Å². The number of nitrogens with one attached hydrogen (secondary N) is 1. The molecule has 1 aromatic carbocycles. The molecule has 2 atom stereocenters. The zero-order chi connectivity index (χ0) is 19.4. The molecule has 3 N–H and O–H groups in total. The third kappa shape index (κ3) is 4.93. The topological polar surface area (TPSA) is 78.7 Å². The van der Waals surface area contributed by atoms with Crippen molar-refractivity contribution in [1.29, 1.82) is 0 Å². The summed E-state index contributed by atoms with van der Waals surface area (Å²) in [5, 5.41) is 3.53. The molecule has 1 aliphatic heterocycles. The summed E-state index contributed by atoms with van der Waals surface area (Å²) in [6.45, 7) is 4.82. The number of carbonyl (C=O) groups excluding carboxylic acids is 2. The minimum Gasteiger partial charge on any atom is -0.368 e. The van der Waals surface area contributed by atoms with Gasteiger partial charge in [0.1, 0.15) is 0 Å². The smallest absolute Gasteiger partial charge is 0.242 e. The zero-order valence-corrected chi connectivity index (χ0v) is 16.7. The third-order valence-electron chi connectivity index (χ3n) is 5.81. The number of piperazine rings is 1. The van der Waals surface area contributed by atoms with Gasteiger partial charge in [0.2, 0.25) is 11.8 Å². The van der Waals surface area contributed by atoms with Crippen molar-refractivity contribution < 1.29 is 9.59 Å². The minimum absolute atomic E-state index is 0.0337. The second-order valence-electron chi connectivity index (χ2n) is 7.87. The molecular formula is C20H29ClN4O2. The quantitative estimate of drug-likeness (QED) is 0.821. The molecule has 2 fully saturated rings. The zero-order valence-electron chi connectivity index (χ0n) is 15.9. The fourth-order valence-electron chi connectivity index (χ4n) is 4.05. The summed E-state index contributed by atoms with van der Waals surface area (Å²) in [5.74, 6) is -0.331. The lowest BCUT2D eigenvalue weighted by molar-refractivity contribution is -0.135. The molecule has 2 amide bonds. The molecule has 0 radical (unpaired) electrons. The molecule has 1 aromatic rings. The van der Waals surface area contributed by atoms with Crippen molar-refractivity contribution in [3.63, 3.8) is 0 Å². The highest BCUT2D eigenvalue weighted by Crippen LogP contribution is 2.31. The predicted octanol–water partition coefficient (Wildman–Crippen LogP) is 2.01. The number of nitrogens with two attached hydrogens (primary N) is 1. The second-order valence-corrected chi connectivity index (χ2v) is 8.30. The van der Waals surface area contributed by atoms with E-state index in [1.54, 1.807) is 0 Å². The number of hydrogen-bond acceptors (Lipinski definition) is 4. The predicted molar refractivity (Wildman–Crippen MR) is 108 cm³/mol. The van der Waals surface area contributed by atoms with E-state index in [1.807, 2.05) is 36.1 Å². The summed E-state index contributed by atoms with van der Waals surface area (Å²) >= 11 is 5.94. The first-order valence-electron chi connectivity index (χ1n) is 9.72. The molecule has 1 heterocycles. The fourth-order valence-corrected chi connectivity index (χ4v) is 4.18. The first-order chi connectivity index (χ1) is 12.9. The molecule has 1 saturated carbocycles. The molecule has 7 heteroatoms. The van der Waals surface area contributed by atoms with Crippen molar-refractivity contribution >= 4 is 29.1 Å². The Balaban J connectivity index is 1.45. The SMILES string of the molecule is CC1(N)CCCCC1C(=O)NCC(=O)N1CCN(c2ccc(Cl)cc2)CC1. The van der Waals surface area contributed by atoms with E-state index in [2.05, 4.69) is 10.2 Å². The molecule has 27 heavy (non-hydrogen) atoms. The molecule has 2 unspecified atom stereocenters. The summed E-state index contributed by atoms with van der Waals surface area (Å²) in [6.07, 6.45) is 3.73. The molecule has 0 bridgehead atoms. The van der Waals surface area contributed by atoms with Gasteiger partial charge in [-0.1, -0.05) is 24.4 Å². The number of hydrogen-bond donors (Lipinski definition) is 2. The summed E-state index contributed by atoms with van der Waals surface area (Å²) in [7, 11) is 0. The number of amides is 2. The maximum Gasteiger partial charge on any atom is 0.242 e. The summed E-state index contributed by atoms with van der Waals surface area (Å²) < 4.78 is 0. The Morgan fingerprint density at radius 3 is 2.48 bits per heavy atom. The van der Waals surface area contributed by atoms with E-state index in [0.29, 0.717) is 13.1 Å². The van der Waals surface area contributed by atoms with E-state index in [4.69, 9.17) is 17.3 Å². The number of halogens is 1. The van der Waals surface area contributed by atoms with E-state index >= 15 is 0 Å². The Labute approximate surface area is 166 Å². The standard InChI is InChI=1S/C20H29ClN4O2/c1-20(22)9-3-2-4-17(20)19(27)23-14-18(26)25-12-10-24(11-13-25)16-7-5-15(21)6-8-16/h5-8,17H,2-4,9-14,22H2,1H3,(H,23,27). The Kier molecular flexibility index (Phi) is 6.27. The van der Waals surface area contributed by atoms with Gasteiger partial charge in [0.25, 0.3) is 0 Å². The van der Waals surface area contributed by atoms with Gasteiger partial charge in [-0.25, -0.2) is 0 Å². The molecule has 1 saturated heterocycles. The first-order valence-corrected chi connectivity index (χ1v) is 10.1. The largest absolute Gasteiger partial charge is 0.368 e. The number of carbonyl (C=O) groups is 2. The highest BCUT2D eigenvalue weighted by molar-refractivity contribution is 6.30. The van der Waals surface area contributed by atoms with E-state index in [9.17, 15) is 9.59 Å². The maximum atomic E-state index is 12.5. The van der Waals surface area contributed by atoms with Crippen LogP contribution in [0.15, 0.2) is 24.3 Å². The monoisotopic (exact) mass is 392 g/mol. The lowest BCUT2D eigenvalue weighted by Gasteiger charge is -2.38. The number of rotatable bonds is 4. The van der Waals surface area contributed by atoms with Crippen molar-refractivity contribution in [1.82, 2.24) is 10.2 Å². The van der Waals surface area contributed by atoms with Crippen LogP contribution in [0, 0.1) is 5.92 Å². The van der Waals surface area contributed by atoms with E-state index in [1.165, 1.54) is 0 Å². The van der Waals surface area contributed by atoms with Gasteiger partial charge in [-0.2, -0.15) is 0 Å². The highest BCUT2D eigenvalue weighted by Gasteiger charge is 2.37. The van der Waals surface area contributed by atoms with Gasteiger partial charge in [0, 0.05) is 42.4 Å². The van der Waals surface area contributed by atoms with Gasteiger partial charge in [-0.15, -0.1) is 0 Å². The van der Waals surface area contributed by atoms with Crippen LogP contribution < -0.4 is 16.0 Å². The Morgan fingerprint density at radius 1 is 1.19 bits per heavy atom. The van der Waals surface area contributed by atoms with Crippen molar-refractivity contribution in [2.24, 2.45) is 11.7 Å². The van der Waals surface area contributed by atoms with Crippen molar-refractivity contribution in [2.75, 3.05) is 37.6 Å². The van der Waals surface area contributed by atoms with Crippen LogP contribution in [0.2, 0.25) is 5.02 Å². The lowest BCUT2D eigenvalue weighted by atomic mass is 9.74. The number of anilines is 1. The van der Waals surface area contributed by atoms with Gasteiger partial charge in [0.05, 0.1) is 12.5 Å². The minimum atomic E-state index is -0.477. The van der Waals surface area contributed by atoms with Crippen LogP contribution in [0.4, 0.5) is 5.69 Å². The van der Waals surface area contributed by atoms with Crippen LogP contribution in [0.5, 0.6) is 0 Å². The Morgan fingerprint density at radius 2 is 1.85 bits per heavy atom. The molecule has 6 nitrogen and oxygen atoms in total. The van der Waals surface area contributed by atoms with Gasteiger partial charge in [-0.3, -0.25) is 9.59 Å². The van der Waals surface area contributed by atoms with Gasteiger partial charge < -0.3 is 20.9 Å². The fraction of sp³-hybridized carbons (Fsp3) is 0.600. The van der Waals surface area contributed by atoms with Gasteiger partial charge in [-0.05, 0) is 44.0 Å². The van der Waals surface area contributed by atoms with Crippen LogP contribution in [0.3, 0.4) is 0 Å². The van der Waals surface area contributed by atoms with Crippen LogP contribution >= 0.6 is 11.6 Å². The Hall–Kier alpha value is -1.79. The summed E-state index contributed by atoms with van der Waals surface area (Å²) in [6, 6.07) is 7.74. The van der Waals surface area contributed by atoms with E-state index in [0.717, 1.165) is 49.5 Å². The summed E-state index contributed by atoms with van der Waals surface area (Å²) in [5.41, 5.74) is 6.92. The molecule has 0 spiro atoms. The van der Waals surface area contributed by atoms with Crippen LogP contribution in [0.25, 0.3) is 0 Å². The van der Waals surface area contributed by atoms with Crippen LogP contribution in [-0.2, 0) is 9.59 Å². The normalized spacial score (nSPS) is 26.0. The van der Waals surface area contributed by atoms with E-state index in [-0.39, 0.29) is 24.3 Å². The molecular weight excluding hydrogens is 364 g/mol. The third-order valence-corrected chi connectivity index (χ3v) is 6.06. The van der Waals surface area contributed by atoms with Gasteiger partial charge in [0.15, 0.2) is 0 Å². The first kappa shape index (κ1) is 20.0. The van der Waals surface area contributed by atoms with Crippen molar-refractivity contribution in [3.8, 4) is 0 Å². The van der Waals surface area contributed by atoms with Crippen LogP contribution in [0.1, 0.15) is 32.6 Å². The Bertz CT molecular complexity index is 669. The summed E-state index contributed by atoms with van der Waals surface area (Å²) in [4.78, 5) is 29.0. The maximum absolute atomic E-state index is 12.5. The molecule has 1 aliphatic carbocycles. The second kappa shape index (κ2) is 8.48. The molecule has 148 valence electrons.